The first kappa shape index (κ1) is 20.6. The number of nitrogens with zero attached hydrogens (tertiary/aromatic N) is 1. The first-order chi connectivity index (χ1) is 15.6. The molecule has 2 aromatic carbocycles. The number of rotatable bonds is 6. The molecule has 7 heteroatoms. The lowest BCUT2D eigenvalue weighted by Gasteiger charge is -2.30. The van der Waals surface area contributed by atoms with Crippen molar-refractivity contribution in [2.24, 2.45) is 0 Å². The molecule has 0 saturated carbocycles. The number of benzene rings is 2. The second-order valence-electron chi connectivity index (χ2n) is 7.79. The van der Waals surface area contributed by atoms with Crippen molar-refractivity contribution < 1.29 is 14.6 Å². The fourth-order valence-corrected chi connectivity index (χ4v) is 5.17. The summed E-state index contributed by atoms with van der Waals surface area (Å²) < 4.78 is 5.60. The van der Waals surface area contributed by atoms with Crippen LogP contribution in [0.5, 0.6) is 5.75 Å². The predicted molar refractivity (Wildman–Crippen MR) is 125 cm³/mol. The highest BCUT2D eigenvalue weighted by atomic mass is 32.2. The molecule has 32 heavy (non-hydrogen) atoms. The summed E-state index contributed by atoms with van der Waals surface area (Å²) in [4.78, 5) is 19.8. The summed E-state index contributed by atoms with van der Waals surface area (Å²) in [5.41, 5.74) is 5.16. The number of ether oxygens (including phenoxy) is 1. The first-order valence-electron chi connectivity index (χ1n) is 10.4. The highest BCUT2D eigenvalue weighted by Gasteiger charge is 2.34. The maximum absolute atomic E-state index is 11.9. The van der Waals surface area contributed by atoms with Crippen LogP contribution in [0, 0.1) is 0 Å². The molecule has 0 unspecified atom stereocenters. The lowest BCUT2D eigenvalue weighted by atomic mass is 9.90. The molecule has 0 aliphatic carbocycles. The van der Waals surface area contributed by atoms with Crippen molar-refractivity contribution in [2.75, 3.05) is 7.11 Å². The van der Waals surface area contributed by atoms with Crippen molar-refractivity contribution >= 4 is 28.6 Å². The summed E-state index contributed by atoms with van der Waals surface area (Å²) in [6, 6.07) is 19.1. The molecular formula is C25H23N3O3S. The van der Waals surface area contributed by atoms with Crippen LogP contribution in [0.1, 0.15) is 28.4 Å². The number of aromatic amines is 1. The summed E-state index contributed by atoms with van der Waals surface area (Å²) in [6.45, 7) is 0. The summed E-state index contributed by atoms with van der Waals surface area (Å²) in [5.74, 6) is 0.660. The van der Waals surface area contributed by atoms with Crippen molar-refractivity contribution in [1.29, 1.82) is 0 Å². The van der Waals surface area contributed by atoms with Gasteiger partial charge in [0.15, 0.2) is 0 Å². The maximum Gasteiger partial charge on any atom is 0.321 e. The normalized spacial score (nSPS) is 17.8. The van der Waals surface area contributed by atoms with Gasteiger partial charge in [0.2, 0.25) is 0 Å². The van der Waals surface area contributed by atoms with Gasteiger partial charge in [0, 0.05) is 40.5 Å². The van der Waals surface area contributed by atoms with E-state index >= 15 is 0 Å². The molecule has 0 spiro atoms. The van der Waals surface area contributed by atoms with Gasteiger partial charge in [-0.1, -0.05) is 30.3 Å². The number of aliphatic carboxylic acids is 1. The fourth-order valence-electron chi connectivity index (χ4n) is 4.33. The number of nitrogens with one attached hydrogen (secondary N) is 2. The van der Waals surface area contributed by atoms with Gasteiger partial charge in [-0.3, -0.25) is 10.1 Å². The zero-order valence-electron chi connectivity index (χ0n) is 17.5. The number of carbonyl (C=O) groups is 1. The number of para-hydroxylation sites is 1. The molecule has 2 atom stereocenters. The van der Waals surface area contributed by atoms with Crippen LogP contribution in [-0.4, -0.2) is 34.2 Å². The van der Waals surface area contributed by atoms with Gasteiger partial charge < -0.3 is 14.8 Å². The topological polar surface area (TPSA) is 87.2 Å². The van der Waals surface area contributed by atoms with Gasteiger partial charge >= 0.3 is 5.97 Å². The Morgan fingerprint density at radius 3 is 2.81 bits per heavy atom. The van der Waals surface area contributed by atoms with Crippen molar-refractivity contribution in [2.45, 2.75) is 29.3 Å². The molecule has 0 radical (unpaired) electrons. The zero-order valence-corrected chi connectivity index (χ0v) is 18.4. The predicted octanol–water partition coefficient (Wildman–Crippen LogP) is 4.55. The molecule has 6 nitrogen and oxygen atoms in total. The molecule has 0 bridgehead atoms. The third-order valence-corrected chi connectivity index (χ3v) is 6.85. The van der Waals surface area contributed by atoms with E-state index < -0.39 is 12.0 Å². The minimum atomic E-state index is -0.842. The Balaban J connectivity index is 1.54. The van der Waals surface area contributed by atoms with E-state index in [2.05, 4.69) is 27.4 Å². The minimum Gasteiger partial charge on any atom is -0.496 e. The molecule has 1 aliphatic rings. The molecule has 0 saturated heterocycles. The van der Waals surface area contributed by atoms with E-state index in [-0.39, 0.29) is 6.04 Å². The Bertz CT molecular complexity index is 1270. The van der Waals surface area contributed by atoms with E-state index in [9.17, 15) is 9.90 Å². The SMILES string of the molecule is COc1ccc([C@H]2N[C@@H](C(=O)O)Cc3c2[nH]c2ccccc32)cc1CSc1ccccn1. The van der Waals surface area contributed by atoms with E-state index in [1.165, 1.54) is 0 Å². The Labute approximate surface area is 190 Å². The van der Waals surface area contributed by atoms with Gasteiger partial charge in [-0.2, -0.15) is 0 Å². The Morgan fingerprint density at radius 1 is 1.19 bits per heavy atom. The largest absolute Gasteiger partial charge is 0.496 e. The van der Waals surface area contributed by atoms with Crippen molar-refractivity contribution in [3.05, 3.63) is 89.2 Å². The Hall–Kier alpha value is -3.29. The van der Waals surface area contributed by atoms with E-state index in [4.69, 9.17) is 4.74 Å². The molecule has 2 aromatic heterocycles. The monoisotopic (exact) mass is 445 g/mol. The third-order valence-electron chi connectivity index (χ3n) is 5.86. The third kappa shape index (κ3) is 3.85. The van der Waals surface area contributed by atoms with Crippen LogP contribution in [0.4, 0.5) is 0 Å². The molecule has 1 aliphatic heterocycles. The van der Waals surface area contributed by atoms with E-state index in [1.807, 2.05) is 48.5 Å². The Kier molecular flexibility index (Phi) is 5.59. The molecule has 5 rings (SSSR count). The Morgan fingerprint density at radius 2 is 2.03 bits per heavy atom. The number of fused-ring (bicyclic) bond motifs is 3. The summed E-state index contributed by atoms with van der Waals surface area (Å²) >= 11 is 1.64. The molecule has 0 amide bonds. The standard InChI is InChI=1S/C25H23N3O3S/c1-31-21-10-9-15(12-16(21)14-32-22-8-4-5-11-26-22)23-24-18(13-20(28-23)25(29)30)17-6-2-3-7-19(17)27-24/h2-12,20,23,27-28H,13-14H2,1H3,(H,29,30)/t20-,23-/m1/s1. The molecule has 4 aromatic rings. The number of pyridine rings is 1. The average Bonchev–Trinajstić information content (AvgIpc) is 3.21. The van der Waals surface area contributed by atoms with Crippen LogP contribution < -0.4 is 10.1 Å². The van der Waals surface area contributed by atoms with Crippen LogP contribution in [0.2, 0.25) is 0 Å². The van der Waals surface area contributed by atoms with Gasteiger partial charge in [0.25, 0.3) is 0 Å². The number of carboxylic acids is 1. The first-order valence-corrected chi connectivity index (χ1v) is 11.4. The molecular weight excluding hydrogens is 422 g/mol. The smallest absolute Gasteiger partial charge is 0.321 e. The van der Waals surface area contributed by atoms with Gasteiger partial charge in [-0.05, 0) is 41.5 Å². The number of H-pyrrole nitrogens is 1. The van der Waals surface area contributed by atoms with Crippen LogP contribution in [0.3, 0.4) is 0 Å². The van der Waals surface area contributed by atoms with Crippen molar-refractivity contribution in [3.63, 3.8) is 0 Å². The molecule has 3 heterocycles. The van der Waals surface area contributed by atoms with Crippen molar-refractivity contribution in [1.82, 2.24) is 15.3 Å². The minimum absolute atomic E-state index is 0.253. The second-order valence-corrected chi connectivity index (χ2v) is 8.78. The lowest BCUT2D eigenvalue weighted by molar-refractivity contribution is -0.139. The summed E-state index contributed by atoms with van der Waals surface area (Å²) in [7, 11) is 1.67. The number of carboxylic acid groups (broad SMARTS) is 1. The van der Waals surface area contributed by atoms with Crippen LogP contribution in [0.15, 0.2) is 71.9 Å². The van der Waals surface area contributed by atoms with Crippen LogP contribution in [-0.2, 0) is 17.0 Å². The number of thioether (sulfide) groups is 1. The van der Waals surface area contributed by atoms with E-state index in [0.29, 0.717) is 12.2 Å². The number of hydrogen-bond acceptors (Lipinski definition) is 5. The highest BCUT2D eigenvalue weighted by molar-refractivity contribution is 7.98. The number of methoxy groups -OCH3 is 1. The zero-order chi connectivity index (χ0) is 22.1. The van der Waals surface area contributed by atoms with E-state index in [1.54, 1.807) is 25.1 Å². The lowest BCUT2D eigenvalue weighted by Crippen LogP contribution is -2.45. The van der Waals surface area contributed by atoms with Gasteiger partial charge in [0.05, 0.1) is 18.2 Å². The summed E-state index contributed by atoms with van der Waals surface area (Å²) in [5, 5.41) is 15.1. The average molecular weight is 446 g/mol. The van der Waals surface area contributed by atoms with E-state index in [0.717, 1.165) is 44.1 Å². The van der Waals surface area contributed by atoms with Gasteiger partial charge in [-0.25, -0.2) is 4.98 Å². The number of hydrogen-bond donors (Lipinski definition) is 3. The molecule has 162 valence electrons. The molecule has 0 fully saturated rings. The van der Waals surface area contributed by atoms with Gasteiger partial charge in [0.1, 0.15) is 11.8 Å². The fraction of sp³-hybridized carbons (Fsp3) is 0.200. The quantitative estimate of drug-likeness (QED) is 0.378. The van der Waals surface area contributed by atoms with Crippen LogP contribution in [0.25, 0.3) is 10.9 Å². The molecule has 3 N–H and O–H groups in total. The van der Waals surface area contributed by atoms with Crippen LogP contribution >= 0.6 is 11.8 Å². The second kappa shape index (κ2) is 8.68. The highest BCUT2D eigenvalue weighted by Crippen LogP contribution is 2.37. The maximum atomic E-state index is 11.9. The number of aromatic nitrogens is 2. The van der Waals surface area contributed by atoms with Gasteiger partial charge in [-0.15, -0.1) is 11.8 Å². The van der Waals surface area contributed by atoms with Crippen molar-refractivity contribution in [3.8, 4) is 5.75 Å². The summed E-state index contributed by atoms with van der Waals surface area (Å²) in [6.07, 6.45) is 2.23.